The lowest BCUT2D eigenvalue weighted by atomic mass is 10.0. The number of aliphatic hydroxyl groups is 1. The van der Waals surface area contributed by atoms with E-state index in [4.69, 9.17) is 9.05 Å². The molecule has 5 heteroatoms. The summed E-state index contributed by atoms with van der Waals surface area (Å²) in [4.78, 5) is 0. The van der Waals surface area contributed by atoms with Gasteiger partial charge >= 0.3 is 7.60 Å². The van der Waals surface area contributed by atoms with Gasteiger partial charge in [0.05, 0.1) is 19.3 Å². The molecule has 0 spiro atoms. The minimum absolute atomic E-state index is 0.345. The molecule has 0 radical (unpaired) electrons. The van der Waals surface area contributed by atoms with E-state index in [1.165, 1.54) is 0 Å². The summed E-state index contributed by atoms with van der Waals surface area (Å²) in [6, 6.07) is 9.90. The number of benzene rings is 1. The molecule has 1 aromatic carbocycles. The molecule has 1 atom stereocenters. The number of unbranched alkanes of at least 4 members (excludes halogenated alkanes) is 1. The Morgan fingerprint density at radius 3 is 2.35 bits per heavy atom. The zero-order chi connectivity index (χ0) is 19.3. The molecule has 0 aliphatic heterocycles. The van der Waals surface area contributed by atoms with Crippen molar-refractivity contribution in [2.75, 3.05) is 13.2 Å². The van der Waals surface area contributed by atoms with Crippen LogP contribution in [0.5, 0.6) is 0 Å². The van der Waals surface area contributed by atoms with Crippen molar-refractivity contribution in [1.82, 2.24) is 0 Å². The van der Waals surface area contributed by atoms with E-state index < -0.39 is 13.7 Å². The van der Waals surface area contributed by atoms with Gasteiger partial charge in [-0.2, -0.15) is 0 Å². The SMILES string of the molecule is CCCC/C(=C\P(=O)(OCC)OCC)CCC(O)/C=C/c1ccccc1. The maximum Gasteiger partial charge on any atom is 0.354 e. The standard InChI is InChI=1S/C21H33O4P/c1-4-7-11-20(18-26(23,24-5-2)25-6-3)15-17-21(22)16-14-19-12-9-8-10-13-19/h8-10,12-14,16,18,21-22H,4-7,11,15,17H2,1-3H3/b16-14+,20-18+. The smallest absolute Gasteiger partial charge is 0.354 e. The second-order valence-corrected chi connectivity index (χ2v) is 8.00. The van der Waals surface area contributed by atoms with Gasteiger partial charge in [-0.05, 0) is 45.1 Å². The fraction of sp³-hybridized carbons (Fsp3) is 0.524. The normalized spacial score (nSPS) is 14.1. The molecule has 0 fully saturated rings. The Balaban J connectivity index is 2.72. The van der Waals surface area contributed by atoms with Crippen molar-refractivity contribution in [2.45, 2.75) is 59.0 Å². The van der Waals surface area contributed by atoms with Gasteiger partial charge in [0.1, 0.15) is 0 Å². The summed E-state index contributed by atoms with van der Waals surface area (Å²) in [5, 5.41) is 10.2. The highest BCUT2D eigenvalue weighted by atomic mass is 31.2. The lowest BCUT2D eigenvalue weighted by Crippen LogP contribution is -2.03. The molecule has 1 N–H and O–H groups in total. The topological polar surface area (TPSA) is 55.8 Å². The first-order chi connectivity index (χ1) is 12.5. The Morgan fingerprint density at radius 2 is 1.77 bits per heavy atom. The molecule has 0 aliphatic carbocycles. The van der Waals surface area contributed by atoms with E-state index in [1.54, 1.807) is 11.9 Å². The summed E-state index contributed by atoms with van der Waals surface area (Å²) < 4.78 is 23.5. The van der Waals surface area contributed by atoms with Gasteiger partial charge in [-0.15, -0.1) is 0 Å². The van der Waals surface area contributed by atoms with Gasteiger partial charge in [0, 0.05) is 5.82 Å². The maximum absolute atomic E-state index is 12.7. The Morgan fingerprint density at radius 1 is 1.12 bits per heavy atom. The molecule has 0 saturated heterocycles. The summed E-state index contributed by atoms with van der Waals surface area (Å²) in [5.74, 6) is 1.67. The first-order valence-electron chi connectivity index (χ1n) is 9.53. The molecule has 0 bridgehead atoms. The van der Waals surface area contributed by atoms with Gasteiger partial charge in [0.2, 0.25) is 0 Å². The second-order valence-electron chi connectivity index (χ2n) is 6.14. The minimum Gasteiger partial charge on any atom is -0.389 e. The predicted octanol–water partition coefficient (Wildman–Crippen LogP) is 6.18. The molecule has 0 aromatic heterocycles. The average molecular weight is 380 g/mol. The largest absolute Gasteiger partial charge is 0.389 e. The molecular weight excluding hydrogens is 347 g/mol. The van der Waals surface area contributed by atoms with E-state index in [-0.39, 0.29) is 0 Å². The maximum atomic E-state index is 12.7. The summed E-state index contributed by atoms with van der Waals surface area (Å²) in [5.41, 5.74) is 2.09. The zero-order valence-corrected chi connectivity index (χ0v) is 17.2. The molecule has 26 heavy (non-hydrogen) atoms. The molecule has 1 unspecified atom stereocenters. The van der Waals surface area contributed by atoms with Crippen LogP contribution in [-0.4, -0.2) is 24.4 Å². The number of rotatable bonds is 13. The Hall–Kier alpha value is -1.19. The average Bonchev–Trinajstić information content (AvgIpc) is 2.63. The first kappa shape index (κ1) is 22.9. The molecule has 0 aliphatic rings. The summed E-state index contributed by atoms with van der Waals surface area (Å²) in [7, 11) is -3.20. The van der Waals surface area contributed by atoms with Crippen LogP contribution in [0.25, 0.3) is 6.08 Å². The van der Waals surface area contributed by atoms with E-state index in [2.05, 4.69) is 6.92 Å². The van der Waals surface area contributed by atoms with E-state index >= 15 is 0 Å². The predicted molar refractivity (Wildman–Crippen MR) is 109 cm³/mol. The van der Waals surface area contributed by atoms with Crippen LogP contribution in [0, 0.1) is 0 Å². The Bertz CT molecular complexity index is 585. The van der Waals surface area contributed by atoms with Crippen LogP contribution in [0.2, 0.25) is 0 Å². The minimum atomic E-state index is -3.20. The first-order valence-corrected chi connectivity index (χ1v) is 11.1. The van der Waals surface area contributed by atoms with Crippen molar-refractivity contribution in [1.29, 1.82) is 0 Å². The number of hydrogen-bond donors (Lipinski definition) is 1. The van der Waals surface area contributed by atoms with Crippen molar-refractivity contribution >= 4 is 13.7 Å². The quantitative estimate of drug-likeness (QED) is 0.415. The highest BCUT2D eigenvalue weighted by Crippen LogP contribution is 2.51. The molecule has 1 rings (SSSR count). The molecular formula is C21H33O4P. The van der Waals surface area contributed by atoms with Gasteiger partial charge in [-0.3, -0.25) is 4.57 Å². The van der Waals surface area contributed by atoms with E-state index in [0.717, 1.165) is 30.4 Å². The third-order valence-electron chi connectivity index (χ3n) is 3.88. The highest BCUT2D eigenvalue weighted by Gasteiger charge is 2.21. The van der Waals surface area contributed by atoms with Crippen LogP contribution < -0.4 is 0 Å². The Labute approximate surface area is 158 Å². The molecule has 1 aromatic rings. The molecule has 146 valence electrons. The van der Waals surface area contributed by atoms with E-state index in [1.807, 2.05) is 50.3 Å². The van der Waals surface area contributed by atoms with Crippen molar-refractivity contribution in [2.24, 2.45) is 0 Å². The van der Waals surface area contributed by atoms with Gasteiger partial charge in [0.25, 0.3) is 0 Å². The number of hydrogen-bond acceptors (Lipinski definition) is 4. The van der Waals surface area contributed by atoms with Crippen molar-refractivity contribution < 1.29 is 18.7 Å². The van der Waals surface area contributed by atoms with Crippen LogP contribution in [0.3, 0.4) is 0 Å². The highest BCUT2D eigenvalue weighted by molar-refractivity contribution is 7.57. The number of aliphatic hydroxyl groups excluding tert-OH is 1. The molecule has 0 amide bonds. The van der Waals surface area contributed by atoms with Crippen molar-refractivity contribution in [3.8, 4) is 0 Å². The van der Waals surface area contributed by atoms with E-state index in [0.29, 0.717) is 26.1 Å². The van der Waals surface area contributed by atoms with Crippen LogP contribution in [-0.2, 0) is 13.6 Å². The van der Waals surface area contributed by atoms with Gasteiger partial charge in [-0.1, -0.05) is 61.4 Å². The fourth-order valence-corrected chi connectivity index (χ4v) is 4.22. The van der Waals surface area contributed by atoms with Gasteiger partial charge < -0.3 is 14.2 Å². The monoisotopic (exact) mass is 380 g/mol. The van der Waals surface area contributed by atoms with Gasteiger partial charge in [-0.25, -0.2) is 0 Å². The third kappa shape index (κ3) is 9.49. The van der Waals surface area contributed by atoms with Gasteiger partial charge in [0.15, 0.2) is 0 Å². The van der Waals surface area contributed by atoms with Crippen LogP contribution >= 0.6 is 7.60 Å². The molecule has 4 nitrogen and oxygen atoms in total. The fourth-order valence-electron chi connectivity index (χ4n) is 2.57. The summed E-state index contributed by atoms with van der Waals surface area (Å²) in [6.45, 7) is 6.43. The van der Waals surface area contributed by atoms with Crippen LogP contribution in [0.15, 0.2) is 47.8 Å². The van der Waals surface area contributed by atoms with Crippen molar-refractivity contribution in [3.63, 3.8) is 0 Å². The van der Waals surface area contributed by atoms with E-state index in [9.17, 15) is 9.67 Å². The van der Waals surface area contributed by atoms with Crippen LogP contribution in [0.4, 0.5) is 0 Å². The molecule has 0 saturated carbocycles. The zero-order valence-electron chi connectivity index (χ0n) is 16.3. The Kier molecular flexibility index (Phi) is 11.5. The lowest BCUT2D eigenvalue weighted by Gasteiger charge is -2.16. The van der Waals surface area contributed by atoms with Crippen LogP contribution in [0.1, 0.15) is 58.4 Å². The lowest BCUT2D eigenvalue weighted by molar-refractivity contribution is 0.213. The number of allylic oxidation sites excluding steroid dienone is 1. The summed E-state index contributed by atoms with van der Waals surface area (Å²) >= 11 is 0. The summed E-state index contributed by atoms with van der Waals surface area (Å²) in [6.07, 6.45) is 7.35. The third-order valence-corrected chi connectivity index (χ3v) is 5.80. The second kappa shape index (κ2) is 13.1. The molecule has 0 heterocycles. The van der Waals surface area contributed by atoms with Crippen molar-refractivity contribution in [3.05, 3.63) is 53.4 Å².